The van der Waals surface area contributed by atoms with Gasteiger partial charge in [-0.2, -0.15) is 0 Å². The Bertz CT molecular complexity index is 877. The summed E-state index contributed by atoms with van der Waals surface area (Å²) >= 11 is 2.83. The smallest absolute Gasteiger partial charge is 0.331 e. The Kier molecular flexibility index (Phi) is 7.13. The van der Waals surface area contributed by atoms with Crippen LogP contribution in [0.4, 0.5) is 0 Å². The standard InChI is InChI=1S/C20H21NO5S2/c1-14-2-3-15(27-14)5-7-20(24)26-13-17(22)18-6-4-16(28-18)12-19(23)21-8-10-25-11-9-21/h2-7H,8-13H2,1H3/b7-5+. The second kappa shape index (κ2) is 9.77. The van der Waals surface area contributed by atoms with Crippen LogP contribution in [0.15, 0.2) is 30.3 Å². The Morgan fingerprint density at radius 1 is 1.14 bits per heavy atom. The van der Waals surface area contributed by atoms with Crippen LogP contribution in [0.1, 0.15) is 24.3 Å². The Labute approximate surface area is 171 Å². The van der Waals surface area contributed by atoms with Gasteiger partial charge in [-0.3, -0.25) is 9.59 Å². The fraction of sp³-hybridized carbons (Fsp3) is 0.350. The van der Waals surface area contributed by atoms with Crippen LogP contribution in [-0.4, -0.2) is 55.5 Å². The molecule has 3 heterocycles. The molecule has 1 amide bonds. The first-order chi connectivity index (χ1) is 13.5. The van der Waals surface area contributed by atoms with Crippen LogP contribution in [0.5, 0.6) is 0 Å². The Hall–Kier alpha value is -2.29. The first-order valence-electron chi connectivity index (χ1n) is 8.90. The fourth-order valence-corrected chi connectivity index (χ4v) is 4.35. The van der Waals surface area contributed by atoms with Gasteiger partial charge in [-0.15, -0.1) is 22.7 Å². The molecule has 0 unspecified atom stereocenters. The van der Waals surface area contributed by atoms with Gasteiger partial charge in [-0.1, -0.05) is 0 Å². The first kappa shape index (κ1) is 20.4. The molecule has 1 aliphatic heterocycles. The SMILES string of the molecule is Cc1ccc(/C=C/C(=O)OCC(=O)c2ccc(CC(=O)N3CCOCC3)s2)s1. The number of thiophene rings is 2. The molecule has 28 heavy (non-hydrogen) atoms. The van der Waals surface area contributed by atoms with Gasteiger partial charge in [0.05, 0.1) is 24.5 Å². The van der Waals surface area contributed by atoms with Crippen LogP contribution in [0.25, 0.3) is 6.08 Å². The molecule has 0 N–H and O–H groups in total. The van der Waals surface area contributed by atoms with Crippen molar-refractivity contribution in [3.8, 4) is 0 Å². The summed E-state index contributed by atoms with van der Waals surface area (Å²) in [6.45, 7) is 4.00. The first-order valence-corrected chi connectivity index (χ1v) is 10.5. The van der Waals surface area contributed by atoms with Gasteiger partial charge < -0.3 is 14.4 Å². The number of rotatable bonds is 7. The molecule has 0 aliphatic carbocycles. The number of esters is 1. The predicted molar refractivity (Wildman–Crippen MR) is 109 cm³/mol. The number of hydrogen-bond acceptors (Lipinski definition) is 7. The van der Waals surface area contributed by atoms with Gasteiger partial charge in [0.25, 0.3) is 0 Å². The second-order valence-electron chi connectivity index (χ2n) is 6.25. The Morgan fingerprint density at radius 3 is 2.64 bits per heavy atom. The van der Waals surface area contributed by atoms with E-state index in [4.69, 9.17) is 9.47 Å². The lowest BCUT2D eigenvalue weighted by atomic mass is 10.2. The molecule has 0 bridgehead atoms. The number of nitrogens with zero attached hydrogens (tertiary/aromatic N) is 1. The zero-order chi connectivity index (χ0) is 19.9. The summed E-state index contributed by atoms with van der Waals surface area (Å²) in [5.41, 5.74) is 0. The molecular weight excluding hydrogens is 398 g/mol. The monoisotopic (exact) mass is 419 g/mol. The number of hydrogen-bond donors (Lipinski definition) is 0. The van der Waals surface area contributed by atoms with Gasteiger partial charge in [0, 0.05) is 33.8 Å². The maximum Gasteiger partial charge on any atom is 0.331 e. The molecular formula is C20H21NO5S2. The molecule has 0 aromatic carbocycles. The van der Waals surface area contributed by atoms with Crippen molar-refractivity contribution in [1.29, 1.82) is 0 Å². The van der Waals surface area contributed by atoms with Crippen molar-refractivity contribution in [3.05, 3.63) is 49.9 Å². The van der Waals surface area contributed by atoms with E-state index in [0.29, 0.717) is 31.2 Å². The van der Waals surface area contributed by atoms with Crippen molar-refractivity contribution in [3.63, 3.8) is 0 Å². The lowest BCUT2D eigenvalue weighted by Gasteiger charge is -2.26. The molecule has 0 radical (unpaired) electrons. The number of amides is 1. The lowest BCUT2D eigenvalue weighted by Crippen LogP contribution is -2.41. The molecule has 0 spiro atoms. The molecule has 6 nitrogen and oxygen atoms in total. The molecule has 3 rings (SSSR count). The van der Waals surface area contributed by atoms with Crippen molar-refractivity contribution < 1.29 is 23.9 Å². The van der Waals surface area contributed by atoms with Crippen LogP contribution in [0.2, 0.25) is 0 Å². The maximum atomic E-state index is 12.3. The van der Waals surface area contributed by atoms with E-state index in [1.807, 2.05) is 19.1 Å². The van der Waals surface area contributed by atoms with Crippen LogP contribution in [-0.2, 0) is 25.5 Å². The maximum absolute atomic E-state index is 12.3. The van der Waals surface area contributed by atoms with Crippen molar-refractivity contribution >= 4 is 46.4 Å². The zero-order valence-electron chi connectivity index (χ0n) is 15.5. The third-order valence-electron chi connectivity index (χ3n) is 4.12. The Balaban J connectivity index is 1.46. The third kappa shape index (κ3) is 5.85. The zero-order valence-corrected chi connectivity index (χ0v) is 17.1. The van der Waals surface area contributed by atoms with Crippen molar-refractivity contribution in [2.75, 3.05) is 32.9 Å². The lowest BCUT2D eigenvalue weighted by molar-refractivity contribution is -0.136. The van der Waals surface area contributed by atoms with Crippen LogP contribution in [0.3, 0.4) is 0 Å². The summed E-state index contributed by atoms with van der Waals surface area (Å²) in [6, 6.07) is 7.34. The largest absolute Gasteiger partial charge is 0.454 e. The molecule has 1 fully saturated rings. The highest BCUT2D eigenvalue weighted by Crippen LogP contribution is 2.19. The van der Waals surface area contributed by atoms with E-state index in [2.05, 4.69) is 0 Å². The average molecular weight is 420 g/mol. The number of ether oxygens (including phenoxy) is 2. The molecule has 148 valence electrons. The summed E-state index contributed by atoms with van der Waals surface area (Å²) in [4.78, 5) is 41.4. The number of Topliss-reactive ketones (excluding diaryl/α,β-unsaturated/α-hetero) is 1. The van der Waals surface area contributed by atoms with E-state index >= 15 is 0 Å². The normalized spacial score (nSPS) is 14.4. The number of morpholine rings is 1. The fourth-order valence-electron chi connectivity index (χ4n) is 2.65. The van der Waals surface area contributed by atoms with Gasteiger partial charge in [-0.05, 0) is 37.3 Å². The second-order valence-corrected chi connectivity index (χ2v) is 8.74. The van der Waals surface area contributed by atoms with Crippen molar-refractivity contribution in [2.45, 2.75) is 13.3 Å². The van der Waals surface area contributed by atoms with E-state index in [1.165, 1.54) is 17.4 Å². The van der Waals surface area contributed by atoms with Gasteiger partial charge in [0.1, 0.15) is 0 Å². The third-order valence-corrected chi connectivity index (χ3v) is 6.21. The van der Waals surface area contributed by atoms with Gasteiger partial charge in [-0.25, -0.2) is 4.79 Å². The van der Waals surface area contributed by atoms with Gasteiger partial charge >= 0.3 is 5.97 Å². The minimum atomic E-state index is -0.557. The molecule has 0 atom stereocenters. The number of carbonyl (C=O) groups is 3. The molecule has 1 aliphatic rings. The van der Waals surface area contributed by atoms with E-state index in [0.717, 1.165) is 14.6 Å². The van der Waals surface area contributed by atoms with E-state index < -0.39 is 5.97 Å². The highest BCUT2D eigenvalue weighted by molar-refractivity contribution is 7.14. The van der Waals surface area contributed by atoms with Crippen LogP contribution >= 0.6 is 22.7 Å². The van der Waals surface area contributed by atoms with E-state index in [-0.39, 0.29) is 24.7 Å². The van der Waals surface area contributed by atoms with Gasteiger partial charge in [0.15, 0.2) is 6.61 Å². The van der Waals surface area contributed by atoms with Crippen molar-refractivity contribution in [1.82, 2.24) is 4.90 Å². The summed E-state index contributed by atoms with van der Waals surface area (Å²) < 4.78 is 10.3. The number of ketones is 1. The topological polar surface area (TPSA) is 72.9 Å². The van der Waals surface area contributed by atoms with Crippen LogP contribution in [0, 0.1) is 6.92 Å². The van der Waals surface area contributed by atoms with Crippen molar-refractivity contribution in [2.24, 2.45) is 0 Å². The summed E-state index contributed by atoms with van der Waals surface area (Å²) in [7, 11) is 0. The molecule has 1 saturated heterocycles. The minimum absolute atomic E-state index is 0.0320. The molecule has 2 aromatic heterocycles. The number of carbonyl (C=O) groups excluding carboxylic acids is 3. The highest BCUT2D eigenvalue weighted by atomic mass is 32.1. The quantitative estimate of drug-likeness (QED) is 0.392. The minimum Gasteiger partial charge on any atom is -0.454 e. The van der Waals surface area contributed by atoms with Gasteiger partial charge in [0.2, 0.25) is 11.7 Å². The summed E-state index contributed by atoms with van der Waals surface area (Å²) in [5.74, 6) is -0.799. The van der Waals surface area contributed by atoms with Crippen LogP contribution < -0.4 is 0 Å². The molecule has 2 aromatic rings. The average Bonchev–Trinajstić information content (AvgIpc) is 3.34. The summed E-state index contributed by atoms with van der Waals surface area (Å²) in [6.07, 6.45) is 3.26. The highest BCUT2D eigenvalue weighted by Gasteiger charge is 2.19. The predicted octanol–water partition coefficient (Wildman–Crippen LogP) is 2.96. The number of aryl methyl sites for hydroxylation is 1. The van der Waals surface area contributed by atoms with E-state index in [9.17, 15) is 14.4 Å². The molecule has 8 heteroatoms. The van der Waals surface area contributed by atoms with E-state index in [1.54, 1.807) is 34.4 Å². The summed E-state index contributed by atoms with van der Waals surface area (Å²) in [5, 5.41) is 0. The molecule has 0 saturated carbocycles. The Morgan fingerprint density at radius 2 is 1.93 bits per heavy atom.